The molecule has 0 aliphatic carbocycles. The Kier molecular flexibility index (Phi) is 5.10. The van der Waals surface area contributed by atoms with Crippen molar-refractivity contribution < 1.29 is 14.7 Å². The molecule has 2 aromatic carbocycles. The zero-order valence-corrected chi connectivity index (χ0v) is 11.5. The third-order valence-corrected chi connectivity index (χ3v) is 3.18. The summed E-state index contributed by atoms with van der Waals surface area (Å²) >= 11 is 0. The van der Waals surface area contributed by atoms with E-state index in [0.717, 1.165) is 5.56 Å². The molecule has 2 aromatic rings. The summed E-state index contributed by atoms with van der Waals surface area (Å²) in [6, 6.07) is 18.4. The van der Waals surface area contributed by atoms with Crippen molar-refractivity contribution in [2.75, 3.05) is 5.32 Å². The predicted molar refractivity (Wildman–Crippen MR) is 81.1 cm³/mol. The largest absolute Gasteiger partial charge is 0.481 e. The van der Waals surface area contributed by atoms with Crippen molar-refractivity contribution in [3.63, 3.8) is 0 Å². The van der Waals surface area contributed by atoms with Gasteiger partial charge in [0.25, 0.3) is 0 Å². The lowest BCUT2D eigenvalue weighted by Gasteiger charge is -2.15. The van der Waals surface area contributed by atoms with E-state index < -0.39 is 5.97 Å². The van der Waals surface area contributed by atoms with Gasteiger partial charge in [-0.15, -0.1) is 0 Å². The van der Waals surface area contributed by atoms with E-state index in [4.69, 9.17) is 5.11 Å². The molecular formula is C17H17NO3. The molecule has 108 valence electrons. The third kappa shape index (κ3) is 4.76. The molecule has 2 rings (SSSR count). The fourth-order valence-corrected chi connectivity index (χ4v) is 2.20. The number of hydrogen-bond acceptors (Lipinski definition) is 2. The van der Waals surface area contributed by atoms with Gasteiger partial charge in [-0.3, -0.25) is 9.59 Å². The number of rotatable bonds is 6. The van der Waals surface area contributed by atoms with Crippen LogP contribution in [0.2, 0.25) is 0 Å². The molecule has 0 fully saturated rings. The average Bonchev–Trinajstić information content (AvgIpc) is 2.48. The van der Waals surface area contributed by atoms with E-state index in [0.29, 0.717) is 5.69 Å². The molecule has 0 aromatic heterocycles. The summed E-state index contributed by atoms with van der Waals surface area (Å²) in [6.45, 7) is 0. The molecule has 0 aliphatic rings. The number of amides is 1. The molecule has 1 amide bonds. The van der Waals surface area contributed by atoms with Crippen LogP contribution >= 0.6 is 0 Å². The average molecular weight is 283 g/mol. The third-order valence-electron chi connectivity index (χ3n) is 3.18. The lowest BCUT2D eigenvalue weighted by molar-refractivity contribution is -0.137. The molecule has 0 radical (unpaired) electrons. The summed E-state index contributed by atoms with van der Waals surface area (Å²) < 4.78 is 0. The molecule has 4 heteroatoms. The fourth-order valence-electron chi connectivity index (χ4n) is 2.20. The summed E-state index contributed by atoms with van der Waals surface area (Å²) in [6.07, 6.45) is 0.0808. The van der Waals surface area contributed by atoms with Crippen molar-refractivity contribution in [2.24, 2.45) is 0 Å². The van der Waals surface area contributed by atoms with Gasteiger partial charge < -0.3 is 10.4 Å². The van der Waals surface area contributed by atoms with Gasteiger partial charge in [0.05, 0.1) is 6.42 Å². The minimum atomic E-state index is -0.906. The molecule has 0 heterocycles. The van der Waals surface area contributed by atoms with Crippen LogP contribution < -0.4 is 5.32 Å². The Labute approximate surface area is 123 Å². The van der Waals surface area contributed by atoms with Crippen LogP contribution in [0.3, 0.4) is 0 Å². The fraction of sp³-hybridized carbons (Fsp3) is 0.176. The lowest BCUT2D eigenvalue weighted by Crippen LogP contribution is -2.17. The van der Waals surface area contributed by atoms with Crippen LogP contribution in [0.25, 0.3) is 0 Å². The quantitative estimate of drug-likeness (QED) is 0.855. The first-order valence-corrected chi connectivity index (χ1v) is 6.77. The van der Waals surface area contributed by atoms with Crippen molar-refractivity contribution in [1.29, 1.82) is 0 Å². The van der Waals surface area contributed by atoms with E-state index in [2.05, 4.69) is 5.32 Å². The number of anilines is 1. The highest BCUT2D eigenvalue weighted by Gasteiger charge is 2.19. The van der Waals surface area contributed by atoms with Crippen molar-refractivity contribution in [2.45, 2.75) is 18.8 Å². The molecule has 4 nitrogen and oxygen atoms in total. The van der Waals surface area contributed by atoms with E-state index in [1.54, 1.807) is 12.1 Å². The van der Waals surface area contributed by atoms with Gasteiger partial charge >= 0.3 is 5.97 Å². The van der Waals surface area contributed by atoms with Crippen LogP contribution in [-0.4, -0.2) is 17.0 Å². The van der Waals surface area contributed by atoms with Crippen molar-refractivity contribution in [3.8, 4) is 0 Å². The van der Waals surface area contributed by atoms with Crippen LogP contribution in [-0.2, 0) is 9.59 Å². The number of aliphatic carboxylic acids is 1. The molecule has 0 aliphatic heterocycles. The number of carbonyl (C=O) groups is 2. The topological polar surface area (TPSA) is 66.4 Å². The van der Waals surface area contributed by atoms with E-state index in [1.165, 1.54) is 0 Å². The molecule has 0 spiro atoms. The Morgan fingerprint density at radius 1 is 0.905 bits per heavy atom. The number of carbonyl (C=O) groups excluding carboxylic acids is 1. The Bertz CT molecular complexity index is 596. The van der Waals surface area contributed by atoms with Crippen LogP contribution in [0.15, 0.2) is 60.7 Å². The maximum Gasteiger partial charge on any atom is 0.303 e. The SMILES string of the molecule is O=C(O)C[C@@H](CC(=O)Nc1ccccc1)c1ccccc1. The van der Waals surface area contributed by atoms with Crippen LogP contribution in [0.4, 0.5) is 5.69 Å². The Balaban J connectivity index is 2.05. The summed E-state index contributed by atoms with van der Waals surface area (Å²) in [5, 5.41) is 11.8. The van der Waals surface area contributed by atoms with Gasteiger partial charge in [-0.2, -0.15) is 0 Å². The molecular weight excluding hydrogens is 266 g/mol. The first kappa shape index (κ1) is 14.8. The second-order valence-electron chi connectivity index (χ2n) is 4.82. The second-order valence-corrected chi connectivity index (χ2v) is 4.82. The van der Waals surface area contributed by atoms with Gasteiger partial charge in [-0.25, -0.2) is 0 Å². The zero-order chi connectivity index (χ0) is 15.1. The van der Waals surface area contributed by atoms with E-state index >= 15 is 0 Å². The highest BCUT2D eigenvalue weighted by atomic mass is 16.4. The Hall–Kier alpha value is -2.62. The zero-order valence-electron chi connectivity index (χ0n) is 11.5. The van der Waals surface area contributed by atoms with Crippen molar-refractivity contribution >= 4 is 17.6 Å². The van der Waals surface area contributed by atoms with Crippen LogP contribution in [0.1, 0.15) is 24.3 Å². The molecule has 21 heavy (non-hydrogen) atoms. The van der Waals surface area contributed by atoms with Crippen molar-refractivity contribution in [1.82, 2.24) is 0 Å². The van der Waals surface area contributed by atoms with Crippen molar-refractivity contribution in [3.05, 3.63) is 66.2 Å². The number of nitrogens with one attached hydrogen (secondary N) is 1. The molecule has 1 atom stereocenters. The first-order chi connectivity index (χ1) is 10.1. The molecule has 2 N–H and O–H groups in total. The lowest BCUT2D eigenvalue weighted by atomic mass is 9.92. The van der Waals surface area contributed by atoms with Gasteiger partial charge in [-0.05, 0) is 17.7 Å². The summed E-state index contributed by atoms with van der Waals surface area (Å²) in [5.41, 5.74) is 1.58. The number of para-hydroxylation sites is 1. The van der Waals surface area contributed by atoms with Crippen LogP contribution in [0, 0.1) is 0 Å². The molecule has 0 unspecified atom stereocenters. The number of carboxylic acids is 1. The monoisotopic (exact) mass is 283 g/mol. The number of hydrogen-bond donors (Lipinski definition) is 2. The number of carboxylic acid groups (broad SMARTS) is 1. The van der Waals surface area contributed by atoms with Gasteiger partial charge in [0.2, 0.25) is 5.91 Å². The maximum absolute atomic E-state index is 12.1. The smallest absolute Gasteiger partial charge is 0.303 e. The summed E-state index contributed by atoms with van der Waals surface area (Å²) in [4.78, 5) is 23.1. The van der Waals surface area contributed by atoms with E-state index in [1.807, 2.05) is 48.5 Å². The van der Waals surface area contributed by atoms with Gasteiger partial charge in [0, 0.05) is 18.0 Å². The van der Waals surface area contributed by atoms with Gasteiger partial charge in [0.1, 0.15) is 0 Å². The normalized spacial score (nSPS) is 11.6. The Morgan fingerprint density at radius 2 is 1.48 bits per heavy atom. The standard InChI is InChI=1S/C17H17NO3/c19-16(18-15-9-5-2-6-10-15)11-14(12-17(20)21)13-7-3-1-4-8-13/h1-10,14H,11-12H2,(H,18,19)(H,20,21)/t14-/m1/s1. The minimum absolute atomic E-state index is 0.0633. The predicted octanol–water partition coefficient (Wildman–Crippen LogP) is 3.27. The highest BCUT2D eigenvalue weighted by molar-refractivity contribution is 5.91. The van der Waals surface area contributed by atoms with Crippen LogP contribution in [0.5, 0.6) is 0 Å². The first-order valence-electron chi connectivity index (χ1n) is 6.77. The minimum Gasteiger partial charge on any atom is -0.481 e. The van der Waals surface area contributed by atoms with E-state index in [-0.39, 0.29) is 24.7 Å². The maximum atomic E-state index is 12.1. The summed E-state index contributed by atoms with van der Waals surface area (Å²) in [7, 11) is 0. The second kappa shape index (κ2) is 7.24. The molecule has 0 saturated carbocycles. The van der Waals surface area contributed by atoms with E-state index in [9.17, 15) is 9.59 Å². The molecule has 0 bridgehead atoms. The van der Waals surface area contributed by atoms with Gasteiger partial charge in [-0.1, -0.05) is 48.5 Å². The van der Waals surface area contributed by atoms with Gasteiger partial charge in [0.15, 0.2) is 0 Å². The highest BCUT2D eigenvalue weighted by Crippen LogP contribution is 2.24. The molecule has 0 saturated heterocycles. The Morgan fingerprint density at radius 3 is 2.05 bits per heavy atom. The number of benzene rings is 2. The summed E-state index contributed by atoms with van der Waals surface area (Å²) in [5.74, 6) is -1.42.